The summed E-state index contributed by atoms with van der Waals surface area (Å²) in [6.07, 6.45) is 3.88. The standard InChI is InChI=1S/C26H32N6O4/c1-17-10-12-31(29-15-19-7-6-11-27-14-19)24(34)21(17)13-23(33)28-16-20-8-9-22(30-18(20)2)32(25(35)36)26(3,4)5/h6-12,14,29H,13,15-16H2,1-5H3,(H,28,33)(H,35,36). The summed E-state index contributed by atoms with van der Waals surface area (Å²) >= 11 is 0. The molecule has 3 aromatic rings. The van der Waals surface area contributed by atoms with Gasteiger partial charge < -0.3 is 15.8 Å². The Morgan fingerprint density at radius 2 is 1.86 bits per heavy atom. The van der Waals surface area contributed by atoms with Crippen LogP contribution in [0.1, 0.15) is 48.7 Å². The van der Waals surface area contributed by atoms with Gasteiger partial charge in [-0.1, -0.05) is 12.1 Å². The van der Waals surface area contributed by atoms with Crippen LogP contribution in [0.2, 0.25) is 0 Å². The summed E-state index contributed by atoms with van der Waals surface area (Å²) in [6, 6.07) is 8.89. The zero-order chi connectivity index (χ0) is 26.5. The minimum atomic E-state index is -1.09. The fraction of sp³-hybridized carbons (Fsp3) is 0.346. The third-order valence-corrected chi connectivity index (χ3v) is 5.69. The van der Waals surface area contributed by atoms with Gasteiger partial charge in [-0.15, -0.1) is 0 Å². The minimum absolute atomic E-state index is 0.0680. The summed E-state index contributed by atoms with van der Waals surface area (Å²) in [5, 5.41) is 12.4. The van der Waals surface area contributed by atoms with E-state index in [2.05, 4.69) is 20.7 Å². The first kappa shape index (κ1) is 26.4. The number of anilines is 1. The SMILES string of the molecule is Cc1ccn(NCc2cccnc2)c(=O)c1CC(=O)NCc1ccc(N(C(=O)O)C(C)(C)C)nc1C. The van der Waals surface area contributed by atoms with Crippen molar-refractivity contribution in [2.45, 2.75) is 59.7 Å². The van der Waals surface area contributed by atoms with E-state index >= 15 is 0 Å². The first-order valence-electron chi connectivity index (χ1n) is 11.6. The van der Waals surface area contributed by atoms with E-state index in [-0.39, 0.29) is 24.4 Å². The second-order valence-corrected chi connectivity index (χ2v) is 9.50. The second-order valence-electron chi connectivity index (χ2n) is 9.50. The zero-order valence-electron chi connectivity index (χ0n) is 21.2. The Balaban J connectivity index is 1.67. The predicted octanol–water partition coefficient (Wildman–Crippen LogP) is 3.14. The number of carbonyl (C=O) groups excluding carboxylic acids is 1. The number of aromatic nitrogens is 3. The number of hydrogen-bond donors (Lipinski definition) is 3. The van der Waals surface area contributed by atoms with Crippen molar-refractivity contribution in [2.75, 3.05) is 10.3 Å². The van der Waals surface area contributed by atoms with Crippen LogP contribution in [-0.4, -0.2) is 37.3 Å². The van der Waals surface area contributed by atoms with Crippen molar-refractivity contribution in [3.63, 3.8) is 0 Å². The summed E-state index contributed by atoms with van der Waals surface area (Å²) in [4.78, 5) is 47.1. The first-order chi connectivity index (χ1) is 17.0. The molecular weight excluding hydrogens is 460 g/mol. The van der Waals surface area contributed by atoms with E-state index in [4.69, 9.17) is 0 Å². The van der Waals surface area contributed by atoms with Crippen LogP contribution >= 0.6 is 0 Å². The van der Waals surface area contributed by atoms with Crippen molar-refractivity contribution in [2.24, 2.45) is 0 Å². The topological polar surface area (TPSA) is 129 Å². The Labute approximate surface area is 210 Å². The van der Waals surface area contributed by atoms with Gasteiger partial charge in [-0.3, -0.25) is 19.5 Å². The number of amides is 2. The molecule has 0 aromatic carbocycles. The van der Waals surface area contributed by atoms with Crippen LogP contribution in [0.4, 0.5) is 10.6 Å². The van der Waals surface area contributed by atoms with Crippen LogP contribution in [0.15, 0.2) is 53.7 Å². The van der Waals surface area contributed by atoms with Crippen LogP contribution in [0, 0.1) is 13.8 Å². The molecule has 2 amide bonds. The fourth-order valence-electron chi connectivity index (χ4n) is 3.72. The van der Waals surface area contributed by atoms with Crippen molar-refractivity contribution >= 4 is 17.8 Å². The first-order valence-corrected chi connectivity index (χ1v) is 11.6. The van der Waals surface area contributed by atoms with E-state index < -0.39 is 11.6 Å². The number of aryl methyl sites for hydroxylation is 2. The third-order valence-electron chi connectivity index (χ3n) is 5.69. The molecule has 3 aromatic heterocycles. The van der Waals surface area contributed by atoms with Crippen LogP contribution < -0.4 is 21.2 Å². The molecule has 0 unspecified atom stereocenters. The van der Waals surface area contributed by atoms with Gasteiger partial charge in [-0.25, -0.2) is 14.5 Å². The number of carboxylic acid groups (broad SMARTS) is 1. The van der Waals surface area contributed by atoms with E-state index in [0.717, 1.165) is 16.7 Å². The summed E-state index contributed by atoms with van der Waals surface area (Å²) in [5.74, 6) is 0.0207. The molecule has 0 aliphatic heterocycles. The van der Waals surface area contributed by atoms with Crippen LogP contribution in [-0.2, 0) is 24.3 Å². The number of nitrogens with zero attached hydrogens (tertiary/aromatic N) is 4. The van der Waals surface area contributed by atoms with Gasteiger partial charge >= 0.3 is 6.09 Å². The maximum Gasteiger partial charge on any atom is 0.413 e. The highest BCUT2D eigenvalue weighted by atomic mass is 16.4. The van der Waals surface area contributed by atoms with Gasteiger partial charge in [-0.2, -0.15) is 0 Å². The van der Waals surface area contributed by atoms with E-state index in [9.17, 15) is 19.5 Å². The van der Waals surface area contributed by atoms with Crippen molar-refractivity contribution in [3.8, 4) is 0 Å². The monoisotopic (exact) mass is 492 g/mol. The van der Waals surface area contributed by atoms with Gasteiger partial charge in [0.1, 0.15) is 5.82 Å². The van der Waals surface area contributed by atoms with E-state index in [0.29, 0.717) is 23.6 Å². The largest absolute Gasteiger partial charge is 0.465 e. The molecule has 0 radical (unpaired) electrons. The Bertz CT molecular complexity index is 1300. The molecule has 3 N–H and O–H groups in total. The normalized spacial score (nSPS) is 11.1. The maximum absolute atomic E-state index is 13.0. The molecule has 0 atom stereocenters. The summed E-state index contributed by atoms with van der Waals surface area (Å²) in [7, 11) is 0. The molecule has 10 nitrogen and oxygen atoms in total. The van der Waals surface area contributed by atoms with Crippen molar-refractivity contribution < 1.29 is 14.7 Å². The van der Waals surface area contributed by atoms with Crippen molar-refractivity contribution in [3.05, 3.63) is 87.2 Å². The molecule has 10 heteroatoms. The summed E-state index contributed by atoms with van der Waals surface area (Å²) in [6.45, 7) is 9.56. The summed E-state index contributed by atoms with van der Waals surface area (Å²) < 4.78 is 1.37. The molecule has 0 aliphatic carbocycles. The van der Waals surface area contributed by atoms with Gasteiger partial charge in [0.2, 0.25) is 5.91 Å². The van der Waals surface area contributed by atoms with Gasteiger partial charge in [0, 0.05) is 41.9 Å². The second kappa shape index (κ2) is 11.0. The smallest absolute Gasteiger partial charge is 0.413 e. The molecule has 190 valence electrons. The van der Waals surface area contributed by atoms with Crippen LogP contribution in [0.25, 0.3) is 0 Å². The lowest BCUT2D eigenvalue weighted by molar-refractivity contribution is -0.120. The molecule has 3 heterocycles. The Kier molecular flexibility index (Phi) is 8.08. The van der Waals surface area contributed by atoms with E-state index in [1.54, 1.807) is 71.4 Å². The highest BCUT2D eigenvalue weighted by Gasteiger charge is 2.29. The van der Waals surface area contributed by atoms with Crippen molar-refractivity contribution in [1.29, 1.82) is 0 Å². The molecule has 0 bridgehead atoms. The molecule has 3 rings (SSSR count). The molecule has 0 fully saturated rings. The van der Waals surface area contributed by atoms with Crippen LogP contribution in [0.5, 0.6) is 0 Å². The molecule has 0 saturated heterocycles. The number of nitrogens with one attached hydrogen (secondary N) is 2. The number of pyridine rings is 3. The molecule has 0 saturated carbocycles. The minimum Gasteiger partial charge on any atom is -0.465 e. The summed E-state index contributed by atoms with van der Waals surface area (Å²) in [5.41, 5.74) is 5.53. The number of rotatable bonds is 8. The average molecular weight is 493 g/mol. The molecule has 36 heavy (non-hydrogen) atoms. The lowest BCUT2D eigenvalue weighted by Crippen LogP contribution is -2.45. The van der Waals surface area contributed by atoms with Gasteiger partial charge in [0.05, 0.1) is 13.0 Å². The lowest BCUT2D eigenvalue weighted by atomic mass is 10.1. The Hall–Kier alpha value is -4.21. The third kappa shape index (κ3) is 6.47. The highest BCUT2D eigenvalue weighted by molar-refractivity contribution is 5.86. The zero-order valence-corrected chi connectivity index (χ0v) is 21.2. The fourth-order valence-corrected chi connectivity index (χ4v) is 3.72. The van der Waals surface area contributed by atoms with Gasteiger partial charge in [0.25, 0.3) is 5.56 Å². The molecule has 0 aliphatic rings. The van der Waals surface area contributed by atoms with E-state index in [1.165, 1.54) is 9.58 Å². The lowest BCUT2D eigenvalue weighted by Gasteiger charge is -2.32. The van der Waals surface area contributed by atoms with Gasteiger partial charge in [-0.05, 0) is 69.5 Å². The predicted molar refractivity (Wildman–Crippen MR) is 138 cm³/mol. The van der Waals surface area contributed by atoms with Crippen LogP contribution in [0.3, 0.4) is 0 Å². The van der Waals surface area contributed by atoms with Crippen molar-refractivity contribution in [1.82, 2.24) is 20.0 Å². The number of hydrogen-bond acceptors (Lipinski definition) is 6. The molecule has 0 spiro atoms. The quantitative estimate of drug-likeness (QED) is 0.440. The Morgan fingerprint density at radius 3 is 2.47 bits per heavy atom. The molecular formula is C26H32N6O4. The van der Waals surface area contributed by atoms with Gasteiger partial charge in [0.15, 0.2) is 0 Å². The number of carbonyl (C=O) groups is 2. The average Bonchev–Trinajstić information content (AvgIpc) is 2.80. The Morgan fingerprint density at radius 1 is 1.11 bits per heavy atom. The van der Waals surface area contributed by atoms with E-state index in [1.807, 2.05) is 12.1 Å². The maximum atomic E-state index is 13.0. The highest BCUT2D eigenvalue weighted by Crippen LogP contribution is 2.23.